The van der Waals surface area contributed by atoms with E-state index in [2.05, 4.69) is 76.2 Å². The lowest BCUT2D eigenvalue weighted by molar-refractivity contribution is -0.384. The lowest BCUT2D eigenvalue weighted by Gasteiger charge is -2.39. The molecule has 3 saturated heterocycles. The van der Waals surface area contributed by atoms with Gasteiger partial charge in [-0.15, -0.1) is 0 Å². The highest BCUT2D eigenvalue weighted by atomic mass is 16.6. The Morgan fingerprint density at radius 3 is 2.19 bits per heavy atom. The van der Waals surface area contributed by atoms with Crippen LogP contribution in [-0.4, -0.2) is 64.4 Å². The first-order chi connectivity index (χ1) is 23.2. The SMILES string of the molecule is Cc1cccc(Nc2nc(N/N=C\c3cc([N+](=O)[O-])c(N4CCCC[C@@H]4C)cc3N3CCCC[C@H]3C)nc(N3CCC(C)CC3)n2)c1C. The van der Waals surface area contributed by atoms with Gasteiger partial charge in [0.2, 0.25) is 17.8 Å². The van der Waals surface area contributed by atoms with E-state index in [0.717, 1.165) is 88.1 Å². The van der Waals surface area contributed by atoms with Gasteiger partial charge in [0.15, 0.2) is 0 Å². The predicted molar refractivity (Wildman–Crippen MR) is 195 cm³/mol. The second-order valence-corrected chi connectivity index (χ2v) is 13.9. The summed E-state index contributed by atoms with van der Waals surface area (Å²) in [5.41, 5.74) is 8.77. The second-order valence-electron chi connectivity index (χ2n) is 13.9. The molecule has 3 fully saturated rings. The first-order valence-corrected chi connectivity index (χ1v) is 17.7. The minimum absolute atomic E-state index is 0.111. The molecular weight excluding hydrogens is 604 g/mol. The van der Waals surface area contributed by atoms with E-state index in [1.54, 1.807) is 12.3 Å². The zero-order valence-electron chi connectivity index (χ0n) is 29.1. The number of anilines is 6. The van der Waals surface area contributed by atoms with Gasteiger partial charge in [-0.2, -0.15) is 20.1 Å². The summed E-state index contributed by atoms with van der Waals surface area (Å²) in [5.74, 6) is 2.01. The number of nitrogens with zero attached hydrogens (tertiary/aromatic N) is 8. The number of nitro benzene ring substituents is 1. The molecule has 12 nitrogen and oxygen atoms in total. The van der Waals surface area contributed by atoms with Gasteiger partial charge in [-0.1, -0.05) is 19.1 Å². The van der Waals surface area contributed by atoms with Crippen molar-refractivity contribution in [2.75, 3.05) is 51.6 Å². The fourth-order valence-corrected chi connectivity index (χ4v) is 7.21. The lowest BCUT2D eigenvalue weighted by atomic mass is 9.98. The minimum Gasteiger partial charge on any atom is -0.368 e. The third-order valence-corrected chi connectivity index (χ3v) is 10.5. The molecule has 0 aliphatic carbocycles. The van der Waals surface area contributed by atoms with Crippen molar-refractivity contribution in [2.24, 2.45) is 11.0 Å². The van der Waals surface area contributed by atoms with Gasteiger partial charge < -0.3 is 20.0 Å². The molecule has 2 N–H and O–H groups in total. The third-order valence-electron chi connectivity index (χ3n) is 10.5. The topological polar surface area (TPSA) is 128 Å². The van der Waals surface area contributed by atoms with Crippen LogP contribution in [0.3, 0.4) is 0 Å². The number of nitrogens with one attached hydrogen (secondary N) is 2. The average Bonchev–Trinajstić information content (AvgIpc) is 3.07. The highest BCUT2D eigenvalue weighted by Gasteiger charge is 2.30. The largest absolute Gasteiger partial charge is 0.368 e. The van der Waals surface area contributed by atoms with Crippen LogP contribution in [0.15, 0.2) is 35.4 Å². The van der Waals surface area contributed by atoms with E-state index in [9.17, 15) is 10.1 Å². The summed E-state index contributed by atoms with van der Waals surface area (Å²) in [6.45, 7) is 14.3. The number of rotatable bonds is 9. The number of aromatic nitrogens is 3. The van der Waals surface area contributed by atoms with Gasteiger partial charge in [-0.05, 0) is 108 Å². The standard InChI is InChI=1S/C36H50N10O2/c1-24-15-19-43(20-16-24)36-40-34(38-30-14-10-11-25(2)28(30)5)39-35(41-36)42-37-23-29-21-33(46(47)48)32(45-18-9-7-13-27(45)4)22-31(29)44-17-8-6-12-26(44)3/h10-11,14,21-24,26-27H,6-9,12-13,15-20H2,1-5H3,(H2,38,39,40,41,42)/b37-23-/t26-,27+/m1/s1. The average molecular weight is 655 g/mol. The van der Waals surface area contributed by atoms with Gasteiger partial charge in [-0.25, -0.2) is 5.43 Å². The van der Waals surface area contributed by atoms with Crippen LogP contribution in [0, 0.1) is 29.9 Å². The van der Waals surface area contributed by atoms with Gasteiger partial charge in [0.25, 0.3) is 5.69 Å². The van der Waals surface area contributed by atoms with Crippen LogP contribution in [0.2, 0.25) is 0 Å². The summed E-state index contributed by atoms with van der Waals surface area (Å²) >= 11 is 0. The molecule has 0 radical (unpaired) electrons. The van der Waals surface area contributed by atoms with Crippen LogP contribution in [0.5, 0.6) is 0 Å². The van der Waals surface area contributed by atoms with Crippen molar-refractivity contribution >= 4 is 46.8 Å². The van der Waals surface area contributed by atoms with Crippen molar-refractivity contribution in [3.05, 3.63) is 57.1 Å². The predicted octanol–water partition coefficient (Wildman–Crippen LogP) is 7.58. The lowest BCUT2D eigenvalue weighted by Crippen LogP contribution is -2.40. The molecule has 0 saturated carbocycles. The molecule has 2 atom stereocenters. The maximum atomic E-state index is 12.5. The van der Waals surface area contributed by atoms with Gasteiger partial charge in [0.05, 0.1) is 11.1 Å². The summed E-state index contributed by atoms with van der Waals surface area (Å²) in [4.78, 5) is 33.3. The normalized spacial score (nSPS) is 20.7. The van der Waals surface area contributed by atoms with E-state index in [4.69, 9.17) is 9.97 Å². The Morgan fingerprint density at radius 1 is 0.854 bits per heavy atom. The molecule has 12 heteroatoms. The first kappa shape index (κ1) is 33.4. The van der Waals surface area contributed by atoms with Gasteiger partial charge in [-0.3, -0.25) is 10.1 Å². The number of hydrazone groups is 1. The summed E-state index contributed by atoms with van der Waals surface area (Å²) in [6, 6.07) is 10.4. The van der Waals surface area contributed by atoms with E-state index in [-0.39, 0.29) is 16.7 Å². The zero-order valence-corrected chi connectivity index (χ0v) is 29.1. The Balaban J connectivity index is 1.35. The van der Waals surface area contributed by atoms with E-state index in [1.807, 2.05) is 18.2 Å². The summed E-state index contributed by atoms with van der Waals surface area (Å²) in [7, 11) is 0. The molecule has 1 aromatic heterocycles. The van der Waals surface area contributed by atoms with E-state index >= 15 is 0 Å². The van der Waals surface area contributed by atoms with Gasteiger partial charge in [0, 0.05) is 61.3 Å². The summed E-state index contributed by atoms with van der Waals surface area (Å²) in [6.07, 6.45) is 10.4. The van der Waals surface area contributed by atoms with Crippen molar-refractivity contribution in [3.63, 3.8) is 0 Å². The Labute approximate surface area is 284 Å². The monoisotopic (exact) mass is 654 g/mol. The number of hydrogen-bond donors (Lipinski definition) is 2. The number of aryl methyl sites for hydroxylation is 1. The molecule has 3 aliphatic rings. The molecule has 48 heavy (non-hydrogen) atoms. The van der Waals surface area contributed by atoms with Gasteiger partial charge >= 0.3 is 0 Å². The molecule has 3 aromatic rings. The molecule has 4 heterocycles. The van der Waals surface area contributed by atoms with Crippen molar-refractivity contribution < 1.29 is 4.92 Å². The van der Waals surface area contributed by atoms with Crippen molar-refractivity contribution in [3.8, 4) is 0 Å². The van der Waals surface area contributed by atoms with E-state index in [1.165, 1.54) is 12.0 Å². The molecule has 3 aliphatic heterocycles. The number of nitro groups is 1. The van der Waals surface area contributed by atoms with E-state index < -0.39 is 0 Å². The fraction of sp³-hybridized carbons (Fsp3) is 0.556. The molecule has 6 rings (SSSR count). The Morgan fingerprint density at radius 2 is 1.52 bits per heavy atom. The molecular formula is C36H50N10O2. The molecule has 2 aromatic carbocycles. The van der Waals surface area contributed by atoms with Crippen LogP contribution in [0.1, 0.15) is 88.8 Å². The summed E-state index contributed by atoms with van der Waals surface area (Å²) in [5, 5.41) is 20.5. The minimum atomic E-state index is -0.256. The molecule has 0 spiro atoms. The van der Waals surface area contributed by atoms with Crippen LogP contribution in [-0.2, 0) is 0 Å². The third kappa shape index (κ3) is 7.47. The molecule has 256 valence electrons. The smallest absolute Gasteiger partial charge is 0.293 e. The second kappa shape index (κ2) is 14.7. The van der Waals surface area contributed by atoms with Crippen molar-refractivity contribution in [1.82, 2.24) is 15.0 Å². The fourth-order valence-electron chi connectivity index (χ4n) is 7.21. The number of hydrogen-bond acceptors (Lipinski definition) is 11. The Kier molecular flexibility index (Phi) is 10.3. The van der Waals surface area contributed by atoms with Crippen molar-refractivity contribution in [1.29, 1.82) is 0 Å². The van der Waals surface area contributed by atoms with Crippen LogP contribution < -0.4 is 25.4 Å². The quantitative estimate of drug-likeness (QED) is 0.135. The van der Waals surface area contributed by atoms with Gasteiger partial charge in [0.1, 0.15) is 5.69 Å². The number of benzene rings is 2. The first-order valence-electron chi connectivity index (χ1n) is 17.7. The van der Waals surface area contributed by atoms with E-state index in [0.29, 0.717) is 41.1 Å². The maximum absolute atomic E-state index is 12.5. The highest BCUT2D eigenvalue weighted by molar-refractivity contribution is 5.92. The van der Waals surface area contributed by atoms with Crippen molar-refractivity contribution in [2.45, 2.75) is 98.1 Å². The Hall–Kier alpha value is -4.48. The number of piperidine rings is 3. The summed E-state index contributed by atoms with van der Waals surface area (Å²) < 4.78 is 0. The Bertz CT molecular complexity index is 1640. The molecule has 0 amide bonds. The molecule has 0 bridgehead atoms. The van der Waals surface area contributed by atoms with Crippen LogP contribution in [0.4, 0.5) is 40.6 Å². The maximum Gasteiger partial charge on any atom is 0.293 e. The highest BCUT2D eigenvalue weighted by Crippen LogP contribution is 2.40. The van der Waals surface area contributed by atoms with Crippen LogP contribution >= 0.6 is 0 Å². The van der Waals surface area contributed by atoms with Crippen LogP contribution in [0.25, 0.3) is 0 Å². The molecule has 0 unspecified atom stereocenters. The zero-order chi connectivity index (χ0) is 33.8.